The lowest BCUT2D eigenvalue weighted by Crippen LogP contribution is -2.66. The van der Waals surface area contributed by atoms with Gasteiger partial charge >= 0.3 is 0 Å². The molecule has 0 saturated carbocycles. The van der Waals surface area contributed by atoms with Gasteiger partial charge in [-0.25, -0.2) is 0 Å². The van der Waals surface area contributed by atoms with Crippen LogP contribution in [0.2, 0.25) is 0 Å². The van der Waals surface area contributed by atoms with E-state index in [0.29, 0.717) is 36.8 Å². The van der Waals surface area contributed by atoms with E-state index in [9.17, 15) is 9.59 Å². The number of rotatable bonds is 2. The van der Waals surface area contributed by atoms with Crippen LogP contribution in [0.15, 0.2) is 0 Å². The van der Waals surface area contributed by atoms with Crippen LogP contribution in [0.4, 0.5) is 0 Å². The summed E-state index contributed by atoms with van der Waals surface area (Å²) >= 11 is 0. The molecule has 3 saturated heterocycles. The molecule has 0 aliphatic carbocycles. The molecule has 3 heterocycles. The van der Waals surface area contributed by atoms with E-state index in [-0.39, 0.29) is 11.9 Å². The minimum Gasteiger partial charge on any atom is -0.354 e. The van der Waals surface area contributed by atoms with Crippen LogP contribution < -0.4 is 10.6 Å². The Balaban J connectivity index is 1.81. The number of carbonyl (C=O) groups excluding carboxylic acids is 2. The predicted molar refractivity (Wildman–Crippen MR) is 71.4 cm³/mol. The summed E-state index contributed by atoms with van der Waals surface area (Å²) < 4.78 is 0. The zero-order chi connectivity index (χ0) is 13.4. The van der Waals surface area contributed by atoms with Crippen LogP contribution >= 0.6 is 0 Å². The highest BCUT2D eigenvalue weighted by Gasteiger charge is 2.47. The van der Waals surface area contributed by atoms with E-state index in [1.165, 1.54) is 6.42 Å². The third-order valence-corrected chi connectivity index (χ3v) is 4.96. The summed E-state index contributed by atoms with van der Waals surface area (Å²) in [5.74, 6) is 1.38. The molecule has 5 heteroatoms. The van der Waals surface area contributed by atoms with Gasteiger partial charge in [0.05, 0.1) is 6.04 Å². The van der Waals surface area contributed by atoms with Crippen molar-refractivity contribution in [1.29, 1.82) is 0 Å². The van der Waals surface area contributed by atoms with Crippen LogP contribution in [0.5, 0.6) is 0 Å². The Morgan fingerprint density at radius 1 is 1.42 bits per heavy atom. The van der Waals surface area contributed by atoms with Gasteiger partial charge in [-0.2, -0.15) is 0 Å². The number of hydrogen-bond acceptors (Lipinski definition) is 3. The number of amides is 2. The van der Waals surface area contributed by atoms with Crippen LogP contribution in [0.25, 0.3) is 0 Å². The zero-order valence-electron chi connectivity index (χ0n) is 11.5. The smallest absolute Gasteiger partial charge is 0.223 e. The molecular weight excluding hydrogens is 242 g/mol. The SMILES string of the molecule is CC(=O)NC[C@H]1[C@@H]2CNC[C@@H](C2)[C@@H]2CCCC(=O)N21. The summed E-state index contributed by atoms with van der Waals surface area (Å²) in [6, 6.07) is 0.579. The highest BCUT2D eigenvalue weighted by molar-refractivity contribution is 5.78. The van der Waals surface area contributed by atoms with Gasteiger partial charge in [-0.05, 0) is 37.6 Å². The third kappa shape index (κ3) is 2.36. The fraction of sp³-hybridized carbons (Fsp3) is 0.857. The van der Waals surface area contributed by atoms with Gasteiger partial charge in [0.15, 0.2) is 0 Å². The number of fused-ring (bicyclic) bond motifs is 4. The van der Waals surface area contributed by atoms with E-state index in [4.69, 9.17) is 0 Å². The van der Waals surface area contributed by atoms with E-state index in [1.54, 1.807) is 6.92 Å². The highest BCUT2D eigenvalue weighted by atomic mass is 16.2. The van der Waals surface area contributed by atoms with Crippen molar-refractivity contribution < 1.29 is 9.59 Å². The van der Waals surface area contributed by atoms with Gasteiger partial charge < -0.3 is 15.5 Å². The number of carbonyl (C=O) groups is 2. The van der Waals surface area contributed by atoms with Crippen LogP contribution in [0.1, 0.15) is 32.6 Å². The minimum absolute atomic E-state index is 0.00750. The lowest BCUT2D eigenvalue weighted by atomic mass is 9.72. The largest absolute Gasteiger partial charge is 0.354 e. The van der Waals surface area contributed by atoms with E-state index in [0.717, 1.165) is 25.9 Å². The van der Waals surface area contributed by atoms with Crippen molar-refractivity contribution in [3.05, 3.63) is 0 Å². The van der Waals surface area contributed by atoms with E-state index >= 15 is 0 Å². The average Bonchev–Trinajstić information content (AvgIpc) is 2.39. The van der Waals surface area contributed by atoms with Gasteiger partial charge in [-0.15, -0.1) is 0 Å². The normalized spacial score (nSPS) is 37.7. The topological polar surface area (TPSA) is 61.4 Å². The molecule has 3 fully saturated rings. The lowest BCUT2D eigenvalue weighted by molar-refractivity contribution is -0.149. The van der Waals surface area contributed by atoms with Crippen molar-refractivity contribution in [2.45, 2.75) is 44.7 Å². The molecule has 106 valence electrons. The molecule has 19 heavy (non-hydrogen) atoms. The molecule has 0 aromatic rings. The van der Waals surface area contributed by atoms with E-state index < -0.39 is 0 Å². The Hall–Kier alpha value is -1.10. The summed E-state index contributed by atoms with van der Waals surface area (Å²) in [5, 5.41) is 6.41. The number of piperidine rings is 3. The van der Waals surface area contributed by atoms with Crippen LogP contribution in [0, 0.1) is 11.8 Å². The molecule has 0 unspecified atom stereocenters. The Labute approximate surface area is 114 Å². The molecule has 2 amide bonds. The fourth-order valence-electron chi connectivity index (χ4n) is 4.15. The van der Waals surface area contributed by atoms with E-state index in [1.807, 2.05) is 0 Å². The fourth-order valence-corrected chi connectivity index (χ4v) is 4.15. The van der Waals surface area contributed by atoms with Crippen molar-refractivity contribution in [3.63, 3.8) is 0 Å². The van der Waals surface area contributed by atoms with Crippen LogP contribution in [-0.4, -0.2) is 48.4 Å². The molecule has 0 radical (unpaired) electrons. The first-order chi connectivity index (χ1) is 9.16. The van der Waals surface area contributed by atoms with Crippen molar-refractivity contribution in [2.75, 3.05) is 19.6 Å². The number of nitrogens with one attached hydrogen (secondary N) is 2. The molecule has 4 atom stereocenters. The van der Waals surface area contributed by atoms with Gasteiger partial charge in [0.2, 0.25) is 11.8 Å². The number of nitrogens with zero attached hydrogens (tertiary/aromatic N) is 1. The van der Waals surface area contributed by atoms with Crippen molar-refractivity contribution in [2.24, 2.45) is 11.8 Å². The third-order valence-electron chi connectivity index (χ3n) is 4.96. The summed E-state index contributed by atoms with van der Waals surface area (Å²) in [5.41, 5.74) is 0. The molecule has 3 rings (SSSR count). The minimum atomic E-state index is -0.00750. The molecule has 0 aromatic heterocycles. The average molecular weight is 265 g/mol. The Kier molecular flexibility index (Phi) is 3.48. The maximum Gasteiger partial charge on any atom is 0.223 e. The standard InChI is InChI=1S/C14H23N3O2/c1-9(18)16-8-13-11-5-10(6-15-7-11)12-3-2-4-14(19)17(12)13/h10-13,15H,2-8H2,1H3,(H,16,18)/t10-,11+,12+,13+/m1/s1. The number of hydrogen-bond donors (Lipinski definition) is 2. The first-order valence-electron chi connectivity index (χ1n) is 7.43. The van der Waals surface area contributed by atoms with Crippen LogP contribution in [-0.2, 0) is 9.59 Å². The lowest BCUT2D eigenvalue weighted by Gasteiger charge is -2.54. The summed E-state index contributed by atoms with van der Waals surface area (Å²) in [6.07, 6.45) is 4.03. The molecule has 0 spiro atoms. The first kappa shape index (κ1) is 12.9. The second kappa shape index (κ2) is 5.12. The Morgan fingerprint density at radius 3 is 3.00 bits per heavy atom. The molecule has 0 aromatic carbocycles. The van der Waals surface area contributed by atoms with Gasteiger partial charge in [0.1, 0.15) is 0 Å². The van der Waals surface area contributed by atoms with Crippen molar-refractivity contribution >= 4 is 11.8 Å². The van der Waals surface area contributed by atoms with Gasteiger partial charge in [-0.1, -0.05) is 0 Å². The quantitative estimate of drug-likeness (QED) is 0.745. The highest BCUT2D eigenvalue weighted by Crippen LogP contribution is 2.39. The van der Waals surface area contributed by atoms with Crippen molar-refractivity contribution in [1.82, 2.24) is 15.5 Å². The molecule has 2 N–H and O–H groups in total. The Morgan fingerprint density at radius 2 is 2.21 bits per heavy atom. The molecule has 5 nitrogen and oxygen atoms in total. The second-order valence-electron chi connectivity index (χ2n) is 6.18. The molecule has 3 aliphatic heterocycles. The van der Waals surface area contributed by atoms with E-state index in [2.05, 4.69) is 15.5 Å². The van der Waals surface area contributed by atoms with Crippen molar-refractivity contribution in [3.8, 4) is 0 Å². The second-order valence-corrected chi connectivity index (χ2v) is 6.18. The molecular formula is C14H23N3O2. The molecule has 3 aliphatic rings. The Bertz CT molecular complexity index is 385. The van der Waals surface area contributed by atoms with Gasteiger partial charge in [0.25, 0.3) is 0 Å². The maximum absolute atomic E-state index is 12.3. The monoisotopic (exact) mass is 265 g/mol. The first-order valence-corrected chi connectivity index (χ1v) is 7.43. The summed E-state index contributed by atoms with van der Waals surface area (Å²) in [4.78, 5) is 25.6. The summed E-state index contributed by atoms with van der Waals surface area (Å²) in [7, 11) is 0. The zero-order valence-corrected chi connectivity index (χ0v) is 11.5. The van der Waals surface area contributed by atoms with Gasteiger partial charge in [0, 0.05) is 32.5 Å². The predicted octanol–water partition coefficient (Wildman–Crippen LogP) is 0.112. The van der Waals surface area contributed by atoms with Gasteiger partial charge in [-0.3, -0.25) is 9.59 Å². The maximum atomic E-state index is 12.3. The van der Waals surface area contributed by atoms with Crippen LogP contribution in [0.3, 0.4) is 0 Å². The summed E-state index contributed by atoms with van der Waals surface area (Å²) in [6.45, 7) is 4.16. The molecule has 2 bridgehead atoms.